The zero-order valence-corrected chi connectivity index (χ0v) is 11.6. The Balaban J connectivity index is 2.01. The molecule has 1 aliphatic rings. The number of nitro benzene ring substituents is 1. The average molecular weight is 290 g/mol. The minimum atomic E-state index is -0.403. The van der Waals surface area contributed by atoms with Gasteiger partial charge in [-0.25, -0.2) is 9.36 Å². The smallest absolute Gasteiger partial charge is 0.258 e. The third-order valence-electron chi connectivity index (χ3n) is 3.24. The molecule has 1 aliphatic heterocycles. The van der Waals surface area contributed by atoms with Crippen LogP contribution in [-0.2, 0) is 11.3 Å². The summed E-state index contributed by atoms with van der Waals surface area (Å²) in [6.45, 7) is 3.00. The number of anilines is 1. The number of hydrogen-bond donors (Lipinski definition) is 0. The third-order valence-corrected chi connectivity index (χ3v) is 4.44. The molecule has 0 spiro atoms. The summed E-state index contributed by atoms with van der Waals surface area (Å²) >= 11 is 1.48. The van der Waals surface area contributed by atoms with Crippen molar-refractivity contribution >= 4 is 28.1 Å². The van der Waals surface area contributed by atoms with Gasteiger partial charge in [-0.15, -0.1) is 0 Å². The van der Waals surface area contributed by atoms with Crippen LogP contribution in [0.4, 0.5) is 10.8 Å². The van der Waals surface area contributed by atoms with Crippen molar-refractivity contribution in [2.24, 2.45) is 0 Å². The van der Waals surface area contributed by atoms with Crippen molar-refractivity contribution in [3.05, 3.63) is 40.6 Å². The zero-order chi connectivity index (χ0) is 14.3. The summed E-state index contributed by atoms with van der Waals surface area (Å²) in [5.41, 5.74) is 0.874. The molecule has 0 aliphatic carbocycles. The van der Waals surface area contributed by atoms with Gasteiger partial charge in [0.2, 0.25) is 0 Å². The topological polar surface area (TPSA) is 67.3 Å². The van der Waals surface area contributed by atoms with Gasteiger partial charge in [-0.2, -0.15) is 4.90 Å². The standard InChI is InChI=1S/C13H12N3O3S/c1-9(17)15-6-5-14-8-12(20-13(14)15)10-3-2-4-11(7-10)16(18)19/h2-4,7-8H,5-6H2,1H3/q+1. The Morgan fingerprint density at radius 3 is 3.00 bits per heavy atom. The highest BCUT2D eigenvalue weighted by molar-refractivity contribution is 7.18. The minimum absolute atomic E-state index is 0.0173. The lowest BCUT2D eigenvalue weighted by Crippen LogP contribution is -2.28. The molecule has 0 radical (unpaired) electrons. The number of nitrogens with zero attached hydrogens (tertiary/aromatic N) is 3. The van der Waals surface area contributed by atoms with Gasteiger partial charge >= 0.3 is 11.0 Å². The predicted octanol–water partition coefficient (Wildman–Crippen LogP) is 1.98. The Kier molecular flexibility index (Phi) is 2.98. The number of hydrogen-bond acceptors (Lipinski definition) is 4. The van der Waals surface area contributed by atoms with Crippen LogP contribution < -0.4 is 9.47 Å². The van der Waals surface area contributed by atoms with Crippen LogP contribution >= 0.6 is 11.3 Å². The Labute approximate surface area is 119 Å². The summed E-state index contributed by atoms with van der Waals surface area (Å²) < 4.78 is 2.01. The predicted molar refractivity (Wildman–Crippen MR) is 74.6 cm³/mol. The molecule has 1 amide bonds. The number of aromatic nitrogens is 1. The first-order valence-corrected chi connectivity index (χ1v) is 6.94. The second-order valence-electron chi connectivity index (χ2n) is 4.55. The highest BCUT2D eigenvalue weighted by Gasteiger charge is 2.34. The second kappa shape index (κ2) is 4.68. The fourth-order valence-electron chi connectivity index (χ4n) is 2.25. The molecule has 2 heterocycles. The van der Waals surface area contributed by atoms with Crippen LogP contribution in [0.1, 0.15) is 6.92 Å². The summed E-state index contributed by atoms with van der Waals surface area (Å²) in [4.78, 5) is 24.6. The van der Waals surface area contributed by atoms with Crippen LogP contribution in [0.25, 0.3) is 10.4 Å². The quantitative estimate of drug-likeness (QED) is 0.482. The van der Waals surface area contributed by atoms with E-state index in [0.717, 1.165) is 22.1 Å². The second-order valence-corrected chi connectivity index (χ2v) is 5.56. The maximum atomic E-state index is 11.5. The summed E-state index contributed by atoms with van der Waals surface area (Å²) in [5, 5.41) is 11.7. The molecular weight excluding hydrogens is 278 g/mol. The largest absolute Gasteiger partial charge is 0.344 e. The van der Waals surface area contributed by atoms with Gasteiger partial charge in [0.15, 0.2) is 0 Å². The van der Waals surface area contributed by atoms with Crippen molar-refractivity contribution in [3.8, 4) is 10.4 Å². The highest BCUT2D eigenvalue weighted by atomic mass is 32.1. The van der Waals surface area contributed by atoms with Crippen LogP contribution in [0.5, 0.6) is 0 Å². The van der Waals surface area contributed by atoms with Gasteiger partial charge < -0.3 is 0 Å². The van der Waals surface area contributed by atoms with E-state index in [1.165, 1.54) is 17.4 Å². The van der Waals surface area contributed by atoms with E-state index >= 15 is 0 Å². The molecule has 20 heavy (non-hydrogen) atoms. The lowest BCUT2D eigenvalue weighted by atomic mass is 10.2. The molecule has 1 aromatic carbocycles. The Hall–Kier alpha value is -2.28. The molecule has 0 saturated carbocycles. The first-order valence-electron chi connectivity index (χ1n) is 6.12. The molecule has 0 saturated heterocycles. The lowest BCUT2D eigenvalue weighted by molar-refractivity contribution is -0.666. The maximum Gasteiger partial charge on any atom is 0.344 e. The van der Waals surface area contributed by atoms with Crippen LogP contribution in [0.3, 0.4) is 0 Å². The number of carbonyl (C=O) groups excluding carboxylic acids is 1. The van der Waals surface area contributed by atoms with Crippen molar-refractivity contribution in [3.63, 3.8) is 0 Å². The molecule has 102 valence electrons. The molecule has 6 nitrogen and oxygen atoms in total. The Morgan fingerprint density at radius 1 is 1.50 bits per heavy atom. The number of benzene rings is 1. The molecule has 0 unspecified atom stereocenters. The van der Waals surface area contributed by atoms with Gasteiger partial charge in [-0.05, 0) is 11.3 Å². The van der Waals surface area contributed by atoms with Crippen LogP contribution in [0.15, 0.2) is 30.5 Å². The van der Waals surface area contributed by atoms with Gasteiger partial charge in [0, 0.05) is 24.6 Å². The number of fused-ring (bicyclic) bond motifs is 1. The number of rotatable bonds is 2. The zero-order valence-electron chi connectivity index (χ0n) is 10.8. The summed E-state index contributed by atoms with van der Waals surface area (Å²) in [7, 11) is 0. The number of non-ortho nitro benzene ring substituents is 1. The summed E-state index contributed by atoms with van der Waals surface area (Å²) in [6, 6.07) is 6.54. The van der Waals surface area contributed by atoms with Crippen LogP contribution in [0, 0.1) is 10.1 Å². The Bertz CT molecular complexity index is 711. The van der Waals surface area contributed by atoms with Gasteiger partial charge in [0.1, 0.15) is 19.3 Å². The molecule has 0 fully saturated rings. The molecular formula is C13H12N3O3S+. The summed E-state index contributed by atoms with van der Waals surface area (Å²) in [5.74, 6) is 0.0173. The van der Waals surface area contributed by atoms with Gasteiger partial charge in [0.25, 0.3) is 5.69 Å². The third kappa shape index (κ3) is 2.05. The van der Waals surface area contributed by atoms with E-state index in [0.29, 0.717) is 6.54 Å². The van der Waals surface area contributed by atoms with Crippen LogP contribution in [-0.4, -0.2) is 17.4 Å². The van der Waals surface area contributed by atoms with Crippen molar-refractivity contribution in [1.82, 2.24) is 0 Å². The molecule has 7 heteroatoms. The van der Waals surface area contributed by atoms with E-state index in [2.05, 4.69) is 0 Å². The molecule has 0 N–H and O–H groups in total. The minimum Gasteiger partial charge on any atom is -0.258 e. The average Bonchev–Trinajstić information content (AvgIpc) is 2.97. The molecule has 1 aromatic heterocycles. The molecule has 2 aromatic rings. The van der Waals surface area contributed by atoms with E-state index in [1.807, 2.05) is 16.8 Å². The molecule has 3 rings (SSSR count). The monoisotopic (exact) mass is 290 g/mol. The van der Waals surface area contributed by atoms with E-state index in [1.54, 1.807) is 24.0 Å². The first-order chi connectivity index (χ1) is 9.56. The van der Waals surface area contributed by atoms with Crippen molar-refractivity contribution in [2.45, 2.75) is 13.5 Å². The van der Waals surface area contributed by atoms with Gasteiger partial charge in [-0.3, -0.25) is 10.1 Å². The number of carbonyl (C=O) groups is 1. The van der Waals surface area contributed by atoms with E-state index in [9.17, 15) is 14.9 Å². The van der Waals surface area contributed by atoms with E-state index < -0.39 is 4.92 Å². The normalized spacial score (nSPS) is 13.3. The fourth-order valence-corrected chi connectivity index (χ4v) is 3.46. The van der Waals surface area contributed by atoms with Gasteiger partial charge in [0.05, 0.1) is 9.80 Å². The number of nitro groups is 1. The van der Waals surface area contributed by atoms with Gasteiger partial charge in [-0.1, -0.05) is 12.1 Å². The molecule has 0 bridgehead atoms. The maximum absolute atomic E-state index is 11.5. The Morgan fingerprint density at radius 2 is 2.30 bits per heavy atom. The lowest BCUT2D eigenvalue weighted by Gasteiger charge is -2.01. The van der Waals surface area contributed by atoms with E-state index in [4.69, 9.17) is 0 Å². The first kappa shape index (κ1) is 12.7. The van der Waals surface area contributed by atoms with Crippen molar-refractivity contribution in [2.75, 3.05) is 11.4 Å². The SMILES string of the molecule is CC(=O)N1CC[n+]2cc(-c3cccc([N+](=O)[O-])c3)sc21. The molecule has 0 atom stereocenters. The number of thiazole rings is 1. The highest BCUT2D eigenvalue weighted by Crippen LogP contribution is 2.33. The number of amides is 1. The summed E-state index contributed by atoms with van der Waals surface area (Å²) in [6.07, 6.45) is 1.95. The van der Waals surface area contributed by atoms with Crippen LogP contribution in [0.2, 0.25) is 0 Å². The van der Waals surface area contributed by atoms with E-state index in [-0.39, 0.29) is 11.6 Å². The fraction of sp³-hybridized carbons (Fsp3) is 0.231. The van der Waals surface area contributed by atoms with Crippen molar-refractivity contribution < 1.29 is 14.3 Å². The van der Waals surface area contributed by atoms with Crippen molar-refractivity contribution in [1.29, 1.82) is 0 Å².